The van der Waals surface area contributed by atoms with Crippen LogP contribution in [0, 0.1) is 5.92 Å². The molecular formula is C16H22N2O3. The van der Waals surface area contributed by atoms with E-state index in [1.54, 1.807) is 13.8 Å². The molecule has 1 rings (SSSR count). The van der Waals surface area contributed by atoms with Crippen LogP contribution in [0.3, 0.4) is 0 Å². The Bertz CT molecular complexity index is 498. The third-order valence-corrected chi connectivity index (χ3v) is 3.05. The Kier molecular flexibility index (Phi) is 7.15. The summed E-state index contributed by atoms with van der Waals surface area (Å²) in [5, 5.41) is 4.01. The molecule has 0 heterocycles. The summed E-state index contributed by atoms with van der Waals surface area (Å²) in [5.74, 6) is -0.931. The summed E-state index contributed by atoms with van der Waals surface area (Å²) in [6.07, 6.45) is 0.844. The van der Waals surface area contributed by atoms with E-state index in [4.69, 9.17) is 4.74 Å². The lowest BCUT2D eigenvalue weighted by molar-refractivity contribution is -0.145. The highest BCUT2D eigenvalue weighted by Gasteiger charge is 2.21. The molecule has 0 aliphatic rings. The van der Waals surface area contributed by atoms with Gasteiger partial charge in [-0.2, -0.15) is 5.10 Å². The van der Waals surface area contributed by atoms with Gasteiger partial charge in [-0.15, -0.1) is 0 Å². The summed E-state index contributed by atoms with van der Waals surface area (Å²) < 4.78 is 4.99. The second-order valence-electron chi connectivity index (χ2n) is 4.66. The van der Waals surface area contributed by atoms with Gasteiger partial charge in [-0.3, -0.25) is 9.59 Å². The molecule has 0 radical (unpaired) electrons. The van der Waals surface area contributed by atoms with Crippen LogP contribution in [-0.4, -0.2) is 24.2 Å². The van der Waals surface area contributed by atoms with Crippen LogP contribution in [0.5, 0.6) is 0 Å². The van der Waals surface area contributed by atoms with Crippen LogP contribution in [0.4, 0.5) is 0 Å². The van der Waals surface area contributed by atoms with Crippen molar-refractivity contribution < 1.29 is 14.3 Å². The molecule has 5 nitrogen and oxygen atoms in total. The Hall–Kier alpha value is -2.17. The van der Waals surface area contributed by atoms with Crippen LogP contribution in [0.25, 0.3) is 0 Å². The number of hydrazone groups is 1. The average Bonchev–Trinajstić information content (AvgIpc) is 2.47. The van der Waals surface area contributed by atoms with Gasteiger partial charge in [-0.25, -0.2) is 5.43 Å². The third-order valence-electron chi connectivity index (χ3n) is 3.05. The summed E-state index contributed by atoms with van der Waals surface area (Å²) in [6, 6.07) is 9.41. The number of nitrogens with one attached hydrogen (secondary N) is 1. The van der Waals surface area contributed by atoms with E-state index in [9.17, 15) is 9.59 Å². The molecule has 1 aromatic rings. The van der Waals surface area contributed by atoms with Gasteiger partial charge in [0, 0.05) is 5.71 Å². The Balaban J connectivity index is 2.57. The maximum absolute atomic E-state index is 11.8. The highest BCUT2D eigenvalue weighted by atomic mass is 16.5. The molecule has 1 atom stereocenters. The van der Waals surface area contributed by atoms with E-state index in [-0.39, 0.29) is 18.3 Å². The van der Waals surface area contributed by atoms with Gasteiger partial charge in [0.05, 0.1) is 18.9 Å². The van der Waals surface area contributed by atoms with E-state index in [1.165, 1.54) is 0 Å². The minimum Gasteiger partial charge on any atom is -0.465 e. The molecule has 0 saturated heterocycles. The maximum atomic E-state index is 11.8. The fourth-order valence-electron chi connectivity index (χ4n) is 1.92. The van der Waals surface area contributed by atoms with E-state index in [0.29, 0.717) is 18.7 Å². The first-order valence-electron chi connectivity index (χ1n) is 7.12. The number of hydrogen-bond acceptors (Lipinski definition) is 4. The number of benzene rings is 1. The number of carbonyl (C=O) groups is 2. The van der Waals surface area contributed by atoms with Crippen molar-refractivity contribution in [3.8, 4) is 0 Å². The van der Waals surface area contributed by atoms with Crippen LogP contribution in [-0.2, 0) is 20.7 Å². The van der Waals surface area contributed by atoms with Crippen molar-refractivity contribution in [1.29, 1.82) is 0 Å². The molecule has 114 valence electrons. The summed E-state index contributed by atoms with van der Waals surface area (Å²) in [6.45, 7) is 5.70. The Morgan fingerprint density at radius 3 is 2.48 bits per heavy atom. The molecule has 0 aromatic heterocycles. The summed E-state index contributed by atoms with van der Waals surface area (Å²) in [7, 11) is 0. The smallest absolute Gasteiger partial charge is 0.314 e. The van der Waals surface area contributed by atoms with E-state index >= 15 is 0 Å². The van der Waals surface area contributed by atoms with Crippen molar-refractivity contribution in [2.75, 3.05) is 6.61 Å². The Morgan fingerprint density at radius 2 is 1.90 bits per heavy atom. The molecule has 1 amide bonds. The van der Waals surface area contributed by atoms with E-state index < -0.39 is 5.92 Å². The fraction of sp³-hybridized carbons (Fsp3) is 0.438. The highest BCUT2D eigenvalue weighted by molar-refractivity contribution is 6.01. The van der Waals surface area contributed by atoms with Gasteiger partial charge in [0.15, 0.2) is 0 Å². The first kappa shape index (κ1) is 16.9. The van der Waals surface area contributed by atoms with Crippen molar-refractivity contribution in [3.05, 3.63) is 35.9 Å². The van der Waals surface area contributed by atoms with Crippen molar-refractivity contribution in [2.45, 2.75) is 33.6 Å². The normalized spacial score (nSPS) is 12.6. The van der Waals surface area contributed by atoms with Gasteiger partial charge in [0.2, 0.25) is 5.91 Å². The molecule has 0 fully saturated rings. The second-order valence-corrected chi connectivity index (χ2v) is 4.66. The number of esters is 1. The zero-order valence-electron chi connectivity index (χ0n) is 12.8. The molecule has 21 heavy (non-hydrogen) atoms. The van der Waals surface area contributed by atoms with Crippen molar-refractivity contribution >= 4 is 17.6 Å². The summed E-state index contributed by atoms with van der Waals surface area (Å²) in [5.41, 5.74) is 3.95. The van der Waals surface area contributed by atoms with Gasteiger partial charge in [0.25, 0.3) is 0 Å². The standard InChI is InChI=1S/C16H22N2O3/c1-4-14(16(20)21-5-2)12(3)17-18-15(19)11-13-9-7-6-8-10-13/h6-10,14H,4-5,11H2,1-3H3,(H,18,19). The average molecular weight is 290 g/mol. The topological polar surface area (TPSA) is 67.8 Å². The van der Waals surface area contributed by atoms with E-state index in [1.807, 2.05) is 37.3 Å². The molecule has 0 aliphatic heterocycles. The first-order chi connectivity index (χ1) is 10.1. The van der Waals surface area contributed by atoms with Crippen LogP contribution < -0.4 is 5.43 Å². The highest BCUT2D eigenvalue weighted by Crippen LogP contribution is 2.08. The van der Waals surface area contributed by atoms with Crippen molar-refractivity contribution in [1.82, 2.24) is 5.43 Å². The first-order valence-corrected chi connectivity index (χ1v) is 7.12. The van der Waals surface area contributed by atoms with Gasteiger partial charge in [-0.05, 0) is 25.8 Å². The van der Waals surface area contributed by atoms with Gasteiger partial charge < -0.3 is 4.74 Å². The zero-order valence-corrected chi connectivity index (χ0v) is 12.8. The fourth-order valence-corrected chi connectivity index (χ4v) is 1.92. The minimum atomic E-state index is -0.415. The summed E-state index contributed by atoms with van der Waals surface area (Å²) >= 11 is 0. The Morgan fingerprint density at radius 1 is 1.24 bits per heavy atom. The van der Waals surface area contributed by atoms with Crippen molar-refractivity contribution in [2.24, 2.45) is 11.0 Å². The number of rotatable bonds is 7. The number of amides is 1. The Labute approximate surface area is 125 Å². The monoisotopic (exact) mass is 290 g/mol. The quantitative estimate of drug-likeness (QED) is 0.476. The van der Waals surface area contributed by atoms with E-state index in [0.717, 1.165) is 5.56 Å². The number of nitrogens with zero attached hydrogens (tertiary/aromatic N) is 1. The molecule has 5 heteroatoms. The van der Waals surface area contributed by atoms with Crippen molar-refractivity contribution in [3.63, 3.8) is 0 Å². The van der Waals surface area contributed by atoms with Gasteiger partial charge >= 0.3 is 5.97 Å². The molecule has 1 unspecified atom stereocenters. The number of ether oxygens (including phenoxy) is 1. The minimum absolute atomic E-state index is 0.209. The lowest BCUT2D eigenvalue weighted by atomic mass is 10.0. The summed E-state index contributed by atoms with van der Waals surface area (Å²) in [4.78, 5) is 23.5. The van der Waals surface area contributed by atoms with Crippen LogP contribution in [0.1, 0.15) is 32.8 Å². The predicted molar refractivity (Wildman–Crippen MR) is 81.8 cm³/mol. The molecular weight excluding hydrogens is 268 g/mol. The molecule has 0 aliphatic carbocycles. The molecule has 0 saturated carbocycles. The third kappa shape index (κ3) is 5.77. The van der Waals surface area contributed by atoms with Gasteiger partial charge in [-0.1, -0.05) is 37.3 Å². The number of hydrogen-bond donors (Lipinski definition) is 1. The molecule has 0 spiro atoms. The zero-order chi connectivity index (χ0) is 15.7. The lowest BCUT2D eigenvalue weighted by Gasteiger charge is -2.13. The SMILES string of the molecule is CCOC(=O)C(CC)C(C)=NNC(=O)Cc1ccccc1. The molecule has 1 aromatic carbocycles. The maximum Gasteiger partial charge on any atom is 0.314 e. The molecule has 1 N–H and O–H groups in total. The molecule has 0 bridgehead atoms. The number of carbonyl (C=O) groups excluding carboxylic acids is 2. The second kappa shape index (κ2) is 8.89. The van der Waals surface area contributed by atoms with Crippen LogP contribution in [0.2, 0.25) is 0 Å². The largest absolute Gasteiger partial charge is 0.465 e. The predicted octanol–water partition coefficient (Wildman–Crippen LogP) is 2.31. The van der Waals surface area contributed by atoms with Crippen LogP contribution in [0.15, 0.2) is 35.4 Å². The van der Waals surface area contributed by atoms with Gasteiger partial charge in [0.1, 0.15) is 0 Å². The van der Waals surface area contributed by atoms with Crippen LogP contribution >= 0.6 is 0 Å². The lowest BCUT2D eigenvalue weighted by Crippen LogP contribution is -2.28. The van der Waals surface area contributed by atoms with E-state index in [2.05, 4.69) is 10.5 Å².